The van der Waals surface area contributed by atoms with E-state index in [1.54, 1.807) is 22.9 Å². The highest BCUT2D eigenvalue weighted by molar-refractivity contribution is 7.17. The standard InChI is InChI=1S/C20H17N3OS2/c1-4-7-23-16-9-12(2)8-13(3)18(16)26-20(23)22-19(24)14-5-6-15-17(10-14)25-11-21-15/h4-6,8-11H,1,7H2,2-3H3. The monoisotopic (exact) mass is 379 g/mol. The zero-order chi connectivity index (χ0) is 18.3. The molecule has 0 aliphatic carbocycles. The lowest BCUT2D eigenvalue weighted by Crippen LogP contribution is -2.16. The van der Waals surface area contributed by atoms with Crippen molar-refractivity contribution in [1.82, 2.24) is 9.55 Å². The zero-order valence-corrected chi connectivity index (χ0v) is 16.2. The topological polar surface area (TPSA) is 47.2 Å². The summed E-state index contributed by atoms with van der Waals surface area (Å²) in [5.74, 6) is -0.237. The molecule has 0 aliphatic heterocycles. The van der Waals surface area contributed by atoms with Gasteiger partial charge in [-0.25, -0.2) is 4.98 Å². The van der Waals surface area contributed by atoms with Crippen molar-refractivity contribution < 1.29 is 4.79 Å². The number of thiazole rings is 2. The number of amides is 1. The quantitative estimate of drug-likeness (QED) is 0.477. The Morgan fingerprint density at radius 3 is 2.96 bits per heavy atom. The fourth-order valence-corrected chi connectivity index (χ4v) is 4.85. The molecule has 0 spiro atoms. The van der Waals surface area contributed by atoms with Gasteiger partial charge in [-0.2, -0.15) is 4.99 Å². The Bertz CT molecular complexity index is 1230. The molecule has 0 saturated heterocycles. The van der Waals surface area contributed by atoms with E-state index in [-0.39, 0.29) is 5.91 Å². The lowest BCUT2D eigenvalue weighted by atomic mass is 10.1. The fourth-order valence-electron chi connectivity index (χ4n) is 3.04. The molecule has 0 atom stereocenters. The first-order valence-corrected chi connectivity index (χ1v) is 9.90. The van der Waals surface area contributed by atoms with E-state index in [2.05, 4.69) is 47.1 Å². The van der Waals surface area contributed by atoms with Crippen molar-refractivity contribution in [2.24, 2.45) is 4.99 Å². The van der Waals surface area contributed by atoms with Crippen LogP contribution in [0.25, 0.3) is 20.4 Å². The van der Waals surface area contributed by atoms with Gasteiger partial charge < -0.3 is 4.57 Å². The first kappa shape index (κ1) is 16.9. The number of benzene rings is 2. The van der Waals surface area contributed by atoms with Gasteiger partial charge in [0.05, 0.1) is 25.9 Å². The molecule has 130 valence electrons. The molecular formula is C20H17N3OS2. The van der Waals surface area contributed by atoms with Crippen LogP contribution in [0.15, 0.2) is 53.5 Å². The average molecular weight is 380 g/mol. The summed E-state index contributed by atoms with van der Waals surface area (Å²) in [6.45, 7) is 8.63. The maximum atomic E-state index is 12.7. The number of aromatic nitrogens is 2. The van der Waals surface area contributed by atoms with Crippen LogP contribution < -0.4 is 4.80 Å². The van der Waals surface area contributed by atoms with Crippen LogP contribution in [0.1, 0.15) is 21.5 Å². The van der Waals surface area contributed by atoms with E-state index < -0.39 is 0 Å². The second kappa shape index (κ2) is 6.63. The molecule has 0 N–H and O–H groups in total. The van der Waals surface area contributed by atoms with Gasteiger partial charge in [-0.05, 0) is 49.2 Å². The summed E-state index contributed by atoms with van der Waals surface area (Å²) in [5.41, 5.74) is 6.75. The maximum Gasteiger partial charge on any atom is 0.279 e. The van der Waals surface area contributed by atoms with E-state index in [9.17, 15) is 4.79 Å². The Labute approximate surface area is 158 Å². The van der Waals surface area contributed by atoms with Crippen LogP contribution in [0.2, 0.25) is 0 Å². The van der Waals surface area contributed by atoms with E-state index >= 15 is 0 Å². The van der Waals surface area contributed by atoms with Crippen molar-refractivity contribution in [2.75, 3.05) is 0 Å². The molecule has 0 bridgehead atoms. The van der Waals surface area contributed by atoms with Crippen molar-refractivity contribution >= 4 is 49.0 Å². The number of hydrogen-bond donors (Lipinski definition) is 0. The van der Waals surface area contributed by atoms with Crippen LogP contribution >= 0.6 is 22.7 Å². The van der Waals surface area contributed by atoms with E-state index in [1.807, 2.05) is 18.2 Å². The van der Waals surface area contributed by atoms with Crippen molar-refractivity contribution in [2.45, 2.75) is 20.4 Å². The van der Waals surface area contributed by atoms with Gasteiger partial charge in [-0.15, -0.1) is 17.9 Å². The third-order valence-corrected chi connectivity index (χ3v) is 6.22. The summed E-state index contributed by atoms with van der Waals surface area (Å²) in [6, 6.07) is 9.80. The van der Waals surface area contributed by atoms with Crippen LogP contribution in [0.3, 0.4) is 0 Å². The Hall–Kier alpha value is -2.57. The highest BCUT2D eigenvalue weighted by Crippen LogP contribution is 2.24. The Kier molecular flexibility index (Phi) is 4.30. The van der Waals surface area contributed by atoms with E-state index in [0.29, 0.717) is 16.9 Å². The first-order valence-electron chi connectivity index (χ1n) is 8.20. The van der Waals surface area contributed by atoms with Gasteiger partial charge in [0, 0.05) is 12.1 Å². The van der Waals surface area contributed by atoms with Gasteiger partial charge in [0.1, 0.15) is 0 Å². The molecule has 0 radical (unpaired) electrons. The summed E-state index contributed by atoms with van der Waals surface area (Å²) in [7, 11) is 0. The number of nitrogens with zero attached hydrogens (tertiary/aromatic N) is 3. The summed E-state index contributed by atoms with van der Waals surface area (Å²) in [6.07, 6.45) is 1.83. The minimum atomic E-state index is -0.237. The molecule has 2 aromatic carbocycles. The number of rotatable bonds is 3. The van der Waals surface area contributed by atoms with E-state index in [0.717, 1.165) is 20.4 Å². The van der Waals surface area contributed by atoms with E-state index in [4.69, 9.17) is 0 Å². The van der Waals surface area contributed by atoms with Crippen LogP contribution in [0, 0.1) is 13.8 Å². The molecule has 2 aromatic heterocycles. The predicted molar refractivity (Wildman–Crippen MR) is 109 cm³/mol. The maximum absolute atomic E-state index is 12.7. The number of fused-ring (bicyclic) bond motifs is 2. The molecule has 4 rings (SSSR count). The number of allylic oxidation sites excluding steroid dienone is 1. The highest BCUT2D eigenvalue weighted by atomic mass is 32.1. The SMILES string of the molecule is C=CCn1c(=NC(=O)c2ccc3ncsc3c2)sc2c(C)cc(C)cc21. The van der Waals surface area contributed by atoms with Crippen molar-refractivity contribution in [1.29, 1.82) is 0 Å². The van der Waals surface area contributed by atoms with Crippen molar-refractivity contribution in [3.05, 3.63) is 70.0 Å². The van der Waals surface area contributed by atoms with Gasteiger partial charge in [-0.3, -0.25) is 4.79 Å². The van der Waals surface area contributed by atoms with Gasteiger partial charge in [-0.1, -0.05) is 23.5 Å². The molecule has 6 heteroatoms. The second-order valence-electron chi connectivity index (χ2n) is 6.17. The molecule has 0 unspecified atom stereocenters. The third-order valence-electron chi connectivity index (χ3n) is 4.20. The number of hydrogen-bond acceptors (Lipinski definition) is 4. The lowest BCUT2D eigenvalue weighted by molar-refractivity contribution is 0.0998. The second-order valence-corrected chi connectivity index (χ2v) is 8.03. The summed E-state index contributed by atoms with van der Waals surface area (Å²) >= 11 is 3.07. The Balaban J connectivity index is 1.88. The Morgan fingerprint density at radius 1 is 1.31 bits per heavy atom. The molecule has 4 aromatic rings. The lowest BCUT2D eigenvalue weighted by Gasteiger charge is -2.03. The number of carbonyl (C=O) groups excluding carboxylic acids is 1. The third kappa shape index (κ3) is 2.91. The van der Waals surface area contributed by atoms with Gasteiger partial charge in [0.15, 0.2) is 4.80 Å². The summed E-state index contributed by atoms with van der Waals surface area (Å²) in [5, 5.41) is 0. The first-order chi connectivity index (χ1) is 12.6. The minimum absolute atomic E-state index is 0.237. The van der Waals surface area contributed by atoms with Crippen LogP contribution in [-0.2, 0) is 6.54 Å². The Morgan fingerprint density at radius 2 is 2.15 bits per heavy atom. The van der Waals surface area contributed by atoms with Crippen LogP contribution in [0.4, 0.5) is 0 Å². The average Bonchev–Trinajstić information content (AvgIpc) is 3.20. The molecule has 0 aliphatic rings. The van der Waals surface area contributed by atoms with Gasteiger partial charge >= 0.3 is 0 Å². The van der Waals surface area contributed by atoms with E-state index in [1.165, 1.54) is 22.5 Å². The molecule has 26 heavy (non-hydrogen) atoms. The molecular weight excluding hydrogens is 362 g/mol. The molecule has 1 amide bonds. The highest BCUT2D eigenvalue weighted by Gasteiger charge is 2.11. The van der Waals surface area contributed by atoms with Crippen LogP contribution in [0.5, 0.6) is 0 Å². The van der Waals surface area contributed by atoms with Gasteiger partial charge in [0.25, 0.3) is 5.91 Å². The number of carbonyl (C=O) groups is 1. The normalized spacial score (nSPS) is 12.2. The van der Waals surface area contributed by atoms with Crippen molar-refractivity contribution in [3.8, 4) is 0 Å². The summed E-state index contributed by atoms with van der Waals surface area (Å²) in [4.78, 5) is 22.1. The predicted octanol–water partition coefficient (Wildman–Crippen LogP) is 4.86. The number of aryl methyl sites for hydroxylation is 2. The molecule has 4 nitrogen and oxygen atoms in total. The largest absolute Gasteiger partial charge is 0.312 e. The molecule has 2 heterocycles. The fraction of sp³-hybridized carbons (Fsp3) is 0.150. The smallest absolute Gasteiger partial charge is 0.279 e. The van der Waals surface area contributed by atoms with Gasteiger partial charge in [0.2, 0.25) is 0 Å². The molecule has 0 fully saturated rings. The molecule has 0 saturated carbocycles. The minimum Gasteiger partial charge on any atom is -0.312 e. The van der Waals surface area contributed by atoms with Crippen molar-refractivity contribution in [3.63, 3.8) is 0 Å². The summed E-state index contributed by atoms with van der Waals surface area (Å²) < 4.78 is 4.20. The van der Waals surface area contributed by atoms with Crippen LogP contribution in [-0.4, -0.2) is 15.5 Å². The zero-order valence-electron chi connectivity index (χ0n) is 14.5.